The van der Waals surface area contributed by atoms with Gasteiger partial charge in [-0.25, -0.2) is 9.67 Å². The lowest BCUT2D eigenvalue weighted by atomic mass is 9.97. The monoisotopic (exact) mass is 604 g/mol. The number of hydrogen-bond acceptors (Lipinski definition) is 7. The number of nitrogens with one attached hydrogen (secondary N) is 3. The topological polar surface area (TPSA) is 102 Å². The van der Waals surface area contributed by atoms with Gasteiger partial charge in [0.15, 0.2) is 5.65 Å². The quantitative estimate of drug-likeness (QED) is 0.157. The molecular formula is C36H40N6O3. The molecule has 232 valence electrons. The lowest BCUT2D eigenvalue weighted by Gasteiger charge is -2.23. The maximum absolute atomic E-state index is 13.3. The van der Waals surface area contributed by atoms with Crippen molar-refractivity contribution in [3.05, 3.63) is 101 Å². The third-order valence-electron chi connectivity index (χ3n) is 8.18. The molecule has 1 amide bonds. The number of pyridine rings is 1. The van der Waals surface area contributed by atoms with Crippen molar-refractivity contribution in [3.8, 4) is 11.6 Å². The summed E-state index contributed by atoms with van der Waals surface area (Å²) < 4.78 is 13.7. The summed E-state index contributed by atoms with van der Waals surface area (Å²) in [4.78, 5) is 18.0. The molecule has 9 heteroatoms. The highest BCUT2D eigenvalue weighted by Crippen LogP contribution is 2.34. The van der Waals surface area contributed by atoms with Crippen molar-refractivity contribution in [1.82, 2.24) is 20.1 Å². The molecule has 0 saturated carbocycles. The van der Waals surface area contributed by atoms with E-state index in [0.717, 1.165) is 65.3 Å². The number of benzene rings is 3. The summed E-state index contributed by atoms with van der Waals surface area (Å²) in [5, 5.41) is 15.7. The lowest BCUT2D eigenvalue weighted by molar-refractivity contribution is 0.102. The normalized spacial score (nSPS) is 14.8. The molecule has 0 unspecified atom stereocenters. The van der Waals surface area contributed by atoms with Crippen LogP contribution < -0.4 is 25.4 Å². The molecule has 1 saturated heterocycles. The summed E-state index contributed by atoms with van der Waals surface area (Å²) in [6, 6.07) is 23.4. The Kier molecular flexibility index (Phi) is 8.98. The number of aryl methyl sites for hydroxylation is 1. The number of fused-ring (bicyclic) bond motifs is 1. The number of methoxy groups -OCH3 is 1. The van der Waals surface area contributed by atoms with Crippen molar-refractivity contribution >= 4 is 34.0 Å². The van der Waals surface area contributed by atoms with Crippen molar-refractivity contribution in [1.29, 1.82) is 0 Å². The van der Waals surface area contributed by atoms with Gasteiger partial charge in [0.05, 0.1) is 19.3 Å². The predicted molar refractivity (Wildman–Crippen MR) is 179 cm³/mol. The van der Waals surface area contributed by atoms with E-state index in [1.807, 2.05) is 71.4 Å². The van der Waals surface area contributed by atoms with E-state index >= 15 is 0 Å². The van der Waals surface area contributed by atoms with E-state index in [9.17, 15) is 4.79 Å². The Balaban J connectivity index is 1.28. The first kappa shape index (κ1) is 30.1. The van der Waals surface area contributed by atoms with Gasteiger partial charge in [-0.15, -0.1) is 5.10 Å². The van der Waals surface area contributed by atoms with Crippen LogP contribution in [-0.4, -0.2) is 47.0 Å². The molecule has 6 rings (SSSR count). The SMILES string of the molecule is COc1ccc(Cn2nc(O[C@@H]3CCCNC3)c3c(Nc4cccc(C(=O)Nc5ccc(C(C)C)c(C)c5)c4)ccnc32)cc1. The van der Waals surface area contributed by atoms with Crippen LogP contribution in [0.4, 0.5) is 17.1 Å². The fourth-order valence-electron chi connectivity index (χ4n) is 5.84. The van der Waals surface area contributed by atoms with Crippen LogP contribution in [0.2, 0.25) is 0 Å². The maximum Gasteiger partial charge on any atom is 0.255 e. The summed E-state index contributed by atoms with van der Waals surface area (Å²) in [6.07, 6.45) is 3.79. The van der Waals surface area contributed by atoms with Gasteiger partial charge in [-0.1, -0.05) is 38.1 Å². The number of ether oxygens (including phenoxy) is 2. The van der Waals surface area contributed by atoms with Gasteiger partial charge in [0.1, 0.15) is 17.2 Å². The molecule has 1 atom stereocenters. The molecule has 2 aromatic heterocycles. The Bertz CT molecular complexity index is 1790. The molecule has 0 aliphatic carbocycles. The highest BCUT2D eigenvalue weighted by molar-refractivity contribution is 6.05. The van der Waals surface area contributed by atoms with Crippen LogP contribution in [0, 0.1) is 6.92 Å². The van der Waals surface area contributed by atoms with E-state index < -0.39 is 0 Å². The summed E-state index contributed by atoms with van der Waals surface area (Å²) in [7, 11) is 1.66. The third kappa shape index (κ3) is 6.94. The van der Waals surface area contributed by atoms with Crippen LogP contribution in [0.25, 0.3) is 11.0 Å². The molecule has 1 aliphatic heterocycles. The number of piperidine rings is 1. The second-order valence-corrected chi connectivity index (χ2v) is 11.8. The molecule has 1 fully saturated rings. The third-order valence-corrected chi connectivity index (χ3v) is 8.18. The maximum atomic E-state index is 13.3. The van der Waals surface area contributed by atoms with Crippen molar-refractivity contribution in [2.24, 2.45) is 0 Å². The fraction of sp³-hybridized carbons (Fsp3) is 0.306. The first-order valence-electron chi connectivity index (χ1n) is 15.5. The molecule has 3 aromatic carbocycles. The molecule has 3 heterocycles. The van der Waals surface area contributed by atoms with Crippen molar-refractivity contribution in [2.75, 3.05) is 30.8 Å². The van der Waals surface area contributed by atoms with Crippen LogP contribution in [0.1, 0.15) is 59.7 Å². The van der Waals surface area contributed by atoms with Crippen LogP contribution in [0.15, 0.2) is 79.0 Å². The average Bonchev–Trinajstić information content (AvgIpc) is 3.39. The second kappa shape index (κ2) is 13.4. The molecule has 0 bridgehead atoms. The summed E-state index contributed by atoms with van der Waals surface area (Å²) in [5.41, 5.74) is 7.12. The van der Waals surface area contributed by atoms with Crippen molar-refractivity contribution < 1.29 is 14.3 Å². The van der Waals surface area contributed by atoms with Gasteiger partial charge in [-0.05, 0) is 97.4 Å². The highest BCUT2D eigenvalue weighted by Gasteiger charge is 2.22. The van der Waals surface area contributed by atoms with Crippen LogP contribution >= 0.6 is 0 Å². The number of nitrogens with zero attached hydrogens (tertiary/aromatic N) is 3. The Morgan fingerprint density at radius 2 is 1.91 bits per heavy atom. The predicted octanol–water partition coefficient (Wildman–Crippen LogP) is 7.05. The Hall–Kier alpha value is -4.89. The number of hydrogen-bond donors (Lipinski definition) is 3. The minimum atomic E-state index is -0.170. The van der Waals surface area contributed by atoms with Crippen LogP contribution in [-0.2, 0) is 6.54 Å². The van der Waals surface area contributed by atoms with Gasteiger partial charge in [-0.3, -0.25) is 4.79 Å². The Labute approximate surface area is 264 Å². The summed E-state index contributed by atoms with van der Waals surface area (Å²) >= 11 is 0. The zero-order valence-electron chi connectivity index (χ0n) is 26.3. The van der Waals surface area contributed by atoms with E-state index in [1.54, 1.807) is 13.3 Å². The zero-order valence-corrected chi connectivity index (χ0v) is 26.3. The van der Waals surface area contributed by atoms with E-state index in [0.29, 0.717) is 29.6 Å². The molecule has 1 aliphatic rings. The Morgan fingerprint density at radius 1 is 1.07 bits per heavy atom. The lowest BCUT2D eigenvalue weighted by Crippen LogP contribution is -2.37. The fourth-order valence-corrected chi connectivity index (χ4v) is 5.84. The second-order valence-electron chi connectivity index (χ2n) is 11.8. The molecule has 0 spiro atoms. The van der Waals surface area contributed by atoms with E-state index in [-0.39, 0.29) is 12.0 Å². The number of carbonyl (C=O) groups is 1. The van der Waals surface area contributed by atoms with Crippen molar-refractivity contribution in [2.45, 2.75) is 52.2 Å². The number of carbonyl (C=O) groups excluding carboxylic acids is 1. The standard InChI is InChI=1S/C36H40N6O3/c1-23(2)31-15-12-28(19-24(31)3)40-35(43)26-7-5-8-27(20-26)39-32-16-18-38-34-33(32)36(45-30-9-6-17-37-21-30)41-42(34)22-25-10-13-29(44-4)14-11-25/h5,7-8,10-16,18-20,23,30,37H,6,9,17,21-22H2,1-4H3,(H,38,39)(H,40,43)/t30-/m1/s1. The van der Waals surface area contributed by atoms with Gasteiger partial charge < -0.3 is 25.4 Å². The summed E-state index contributed by atoms with van der Waals surface area (Å²) in [5.74, 6) is 1.60. The first-order chi connectivity index (χ1) is 21.9. The number of anilines is 3. The van der Waals surface area contributed by atoms with E-state index in [4.69, 9.17) is 19.6 Å². The minimum absolute atomic E-state index is 0.0182. The van der Waals surface area contributed by atoms with Gasteiger partial charge in [0, 0.05) is 29.7 Å². The molecule has 5 aromatic rings. The minimum Gasteiger partial charge on any atom is -0.497 e. The highest BCUT2D eigenvalue weighted by atomic mass is 16.5. The molecule has 3 N–H and O–H groups in total. The van der Waals surface area contributed by atoms with Gasteiger partial charge >= 0.3 is 0 Å². The largest absolute Gasteiger partial charge is 0.497 e. The molecule has 0 radical (unpaired) electrons. The number of amides is 1. The molecule has 45 heavy (non-hydrogen) atoms. The average molecular weight is 605 g/mol. The van der Waals surface area contributed by atoms with Gasteiger partial charge in [0.2, 0.25) is 5.88 Å². The number of aromatic nitrogens is 3. The van der Waals surface area contributed by atoms with Crippen LogP contribution in [0.3, 0.4) is 0 Å². The molecule has 9 nitrogen and oxygen atoms in total. The summed E-state index contributed by atoms with van der Waals surface area (Å²) in [6.45, 7) is 8.71. The first-order valence-corrected chi connectivity index (χ1v) is 15.5. The molecular weight excluding hydrogens is 564 g/mol. The van der Waals surface area contributed by atoms with Crippen molar-refractivity contribution in [3.63, 3.8) is 0 Å². The van der Waals surface area contributed by atoms with E-state index in [2.05, 4.69) is 42.8 Å². The zero-order chi connectivity index (χ0) is 31.3. The smallest absolute Gasteiger partial charge is 0.255 e. The van der Waals surface area contributed by atoms with Gasteiger partial charge in [0.25, 0.3) is 5.91 Å². The Morgan fingerprint density at radius 3 is 2.64 bits per heavy atom. The van der Waals surface area contributed by atoms with Gasteiger partial charge in [-0.2, -0.15) is 0 Å². The van der Waals surface area contributed by atoms with Crippen LogP contribution in [0.5, 0.6) is 11.6 Å². The van der Waals surface area contributed by atoms with E-state index in [1.165, 1.54) is 5.56 Å². The number of rotatable bonds is 10.